The van der Waals surface area contributed by atoms with Crippen LogP contribution in [0.5, 0.6) is 0 Å². The summed E-state index contributed by atoms with van der Waals surface area (Å²) in [7, 11) is -4.21. The molecule has 5 nitrogen and oxygen atoms in total. The topological polar surface area (TPSA) is 71.4 Å². The van der Waals surface area contributed by atoms with Gasteiger partial charge in [-0.05, 0) is 0 Å². The molecular weight excluding hydrogens is 146 g/mol. The van der Waals surface area contributed by atoms with E-state index >= 15 is 0 Å². The Morgan fingerprint density at radius 1 is 1.56 bits per heavy atom. The predicted octanol–water partition coefficient (Wildman–Crippen LogP) is -0.782. The van der Waals surface area contributed by atoms with Gasteiger partial charge >= 0.3 is 10.3 Å². The van der Waals surface area contributed by atoms with Crippen LogP contribution in [0.15, 0.2) is 23.0 Å². The zero-order valence-electron chi connectivity index (χ0n) is 4.26. The van der Waals surface area contributed by atoms with Crippen LogP contribution in [0.4, 0.5) is 0 Å². The van der Waals surface area contributed by atoms with Crippen LogP contribution in [0.1, 0.15) is 0 Å². The molecule has 1 heterocycles. The average Bonchev–Trinajstić information content (AvgIpc) is 2.08. The van der Waals surface area contributed by atoms with Crippen molar-refractivity contribution < 1.29 is 21.6 Å². The molecular formula is C3H4NO4S+. The van der Waals surface area contributed by atoms with Crippen molar-refractivity contribution in [3.8, 4) is 0 Å². The summed E-state index contributed by atoms with van der Waals surface area (Å²) >= 11 is 0. The quantitative estimate of drug-likeness (QED) is 0.421. The smallest absolute Gasteiger partial charge is 0.230 e. The molecule has 0 unspecified atom stereocenters. The van der Waals surface area contributed by atoms with Crippen molar-refractivity contribution in [1.29, 1.82) is 0 Å². The molecule has 1 aromatic rings. The molecule has 6 heteroatoms. The van der Waals surface area contributed by atoms with Crippen LogP contribution in [0.2, 0.25) is 0 Å². The van der Waals surface area contributed by atoms with E-state index in [0.717, 1.165) is 12.5 Å². The van der Waals surface area contributed by atoms with Crippen LogP contribution in [-0.4, -0.2) is 13.0 Å². The van der Waals surface area contributed by atoms with Gasteiger partial charge < -0.3 is 0 Å². The van der Waals surface area contributed by atoms with Gasteiger partial charge in [0.25, 0.3) is 0 Å². The van der Waals surface area contributed by atoms with Crippen LogP contribution in [0.3, 0.4) is 0 Å². The van der Waals surface area contributed by atoms with Crippen LogP contribution >= 0.6 is 0 Å². The third-order valence-corrected chi connectivity index (χ3v) is 1.34. The number of rotatable bonds is 1. The molecule has 1 aromatic heterocycles. The first-order valence-electron chi connectivity index (χ1n) is 2.04. The zero-order valence-corrected chi connectivity index (χ0v) is 5.08. The summed E-state index contributed by atoms with van der Waals surface area (Å²) < 4.78 is 33.1. The van der Waals surface area contributed by atoms with Gasteiger partial charge in [0, 0.05) is 0 Å². The van der Waals surface area contributed by atoms with Gasteiger partial charge in [0.15, 0.2) is 6.26 Å². The summed E-state index contributed by atoms with van der Waals surface area (Å²) in [6.45, 7) is 0. The Kier molecular flexibility index (Phi) is 1.26. The lowest BCUT2D eigenvalue weighted by atomic mass is 10.8. The van der Waals surface area contributed by atoms with Gasteiger partial charge in [0.05, 0.1) is 6.07 Å². The second-order valence-corrected chi connectivity index (χ2v) is 2.57. The standard InChI is InChI=1S/C3H3NO4S/c5-9(6,7)4-2-1-3-8-4/h1-3H/p+1. The summed E-state index contributed by atoms with van der Waals surface area (Å²) in [5, 5.41) is 0. The lowest BCUT2D eigenvalue weighted by Crippen LogP contribution is -2.39. The Hall–Kier alpha value is -0.880. The fourth-order valence-electron chi connectivity index (χ4n) is 0.367. The summed E-state index contributed by atoms with van der Waals surface area (Å²) in [6.07, 6.45) is 2.21. The molecule has 1 rings (SSSR count). The minimum absolute atomic E-state index is 0.340. The Morgan fingerprint density at radius 3 is 2.44 bits per heavy atom. The molecule has 0 aliphatic heterocycles. The third kappa shape index (κ3) is 1.27. The maximum Gasteiger partial charge on any atom is 0.553 e. The highest BCUT2D eigenvalue weighted by atomic mass is 32.2. The van der Waals surface area contributed by atoms with Crippen molar-refractivity contribution >= 4 is 10.3 Å². The SMILES string of the molecule is O=S(=O)(O)[n+]1ccco1. The molecule has 0 radical (unpaired) electrons. The fraction of sp³-hybridized carbons (Fsp3) is 0. The van der Waals surface area contributed by atoms with Gasteiger partial charge in [-0.2, -0.15) is 0 Å². The lowest BCUT2D eigenvalue weighted by Gasteiger charge is -1.75. The van der Waals surface area contributed by atoms with E-state index in [1.807, 2.05) is 0 Å². The maximum atomic E-state index is 10.1. The molecule has 0 aliphatic rings. The summed E-state index contributed by atoms with van der Waals surface area (Å²) in [5.74, 6) is 0. The first-order chi connectivity index (χ1) is 4.11. The Bertz CT molecular complexity index is 273. The van der Waals surface area contributed by atoms with Crippen molar-refractivity contribution in [2.45, 2.75) is 0 Å². The summed E-state index contributed by atoms with van der Waals surface area (Å²) in [6, 6.07) is 1.34. The average molecular weight is 150 g/mol. The molecule has 50 valence electrons. The molecule has 1 N–H and O–H groups in total. The van der Waals surface area contributed by atoms with Crippen molar-refractivity contribution in [3.05, 3.63) is 18.5 Å². The van der Waals surface area contributed by atoms with E-state index < -0.39 is 10.3 Å². The van der Waals surface area contributed by atoms with Crippen LogP contribution in [0.25, 0.3) is 0 Å². The highest BCUT2D eigenvalue weighted by Crippen LogP contribution is 1.78. The monoisotopic (exact) mass is 150 g/mol. The normalized spacial score (nSPS) is 11.7. The summed E-state index contributed by atoms with van der Waals surface area (Å²) in [4.78, 5) is 0. The first kappa shape index (κ1) is 6.24. The number of nitrogens with zero attached hydrogens (tertiary/aromatic N) is 1. The molecule has 0 fully saturated rings. The molecule has 0 aliphatic carbocycles. The largest absolute Gasteiger partial charge is 0.553 e. The maximum absolute atomic E-state index is 10.1. The fourth-order valence-corrected chi connectivity index (χ4v) is 0.749. The van der Waals surface area contributed by atoms with Crippen molar-refractivity contribution in [3.63, 3.8) is 0 Å². The van der Waals surface area contributed by atoms with E-state index in [0.29, 0.717) is 4.15 Å². The van der Waals surface area contributed by atoms with E-state index in [4.69, 9.17) is 4.55 Å². The van der Waals surface area contributed by atoms with E-state index in [-0.39, 0.29) is 0 Å². The van der Waals surface area contributed by atoms with Gasteiger partial charge in [-0.1, -0.05) is 0 Å². The van der Waals surface area contributed by atoms with Crippen molar-refractivity contribution in [2.24, 2.45) is 0 Å². The van der Waals surface area contributed by atoms with Gasteiger partial charge in [0.1, 0.15) is 4.15 Å². The second-order valence-electron chi connectivity index (χ2n) is 1.32. The molecule has 0 aromatic carbocycles. The van der Waals surface area contributed by atoms with Crippen LogP contribution in [-0.2, 0) is 10.3 Å². The molecule has 0 amide bonds. The lowest BCUT2D eigenvalue weighted by molar-refractivity contribution is -0.720. The van der Waals surface area contributed by atoms with Gasteiger partial charge in [-0.25, -0.2) is 9.08 Å². The van der Waals surface area contributed by atoms with Crippen LogP contribution in [0, 0.1) is 0 Å². The van der Waals surface area contributed by atoms with Crippen molar-refractivity contribution in [1.82, 2.24) is 0 Å². The first-order valence-corrected chi connectivity index (χ1v) is 3.44. The minimum atomic E-state index is -4.21. The van der Waals surface area contributed by atoms with Gasteiger partial charge in [-0.3, -0.25) is 0 Å². The molecule has 0 spiro atoms. The Morgan fingerprint density at radius 2 is 2.22 bits per heavy atom. The molecule has 0 atom stereocenters. The molecule has 9 heavy (non-hydrogen) atoms. The number of hydrogen-bond donors (Lipinski definition) is 1. The van der Waals surface area contributed by atoms with Gasteiger partial charge in [0.2, 0.25) is 6.20 Å². The Balaban J connectivity index is 3.20. The van der Waals surface area contributed by atoms with E-state index in [1.54, 1.807) is 0 Å². The number of hydrogen-bond acceptors (Lipinski definition) is 3. The molecule has 0 saturated heterocycles. The Labute approximate surface area is 51.4 Å². The van der Waals surface area contributed by atoms with E-state index in [1.165, 1.54) is 6.07 Å². The zero-order chi connectivity index (χ0) is 6.91. The highest BCUT2D eigenvalue weighted by Gasteiger charge is 2.20. The summed E-state index contributed by atoms with van der Waals surface area (Å²) in [5.41, 5.74) is 0. The minimum Gasteiger partial charge on any atom is -0.230 e. The van der Waals surface area contributed by atoms with Crippen molar-refractivity contribution in [2.75, 3.05) is 0 Å². The molecule has 0 saturated carbocycles. The second kappa shape index (κ2) is 1.82. The van der Waals surface area contributed by atoms with Gasteiger partial charge in [-0.15, -0.1) is 8.42 Å². The third-order valence-electron chi connectivity index (χ3n) is 0.678. The predicted molar refractivity (Wildman–Crippen MR) is 25.8 cm³/mol. The van der Waals surface area contributed by atoms with E-state index in [2.05, 4.69) is 4.52 Å². The highest BCUT2D eigenvalue weighted by molar-refractivity contribution is 7.78. The molecule has 0 bridgehead atoms. The van der Waals surface area contributed by atoms with E-state index in [9.17, 15) is 8.42 Å². The van der Waals surface area contributed by atoms with Crippen LogP contribution < -0.4 is 4.15 Å². The number of aromatic nitrogens is 1.